The zero-order valence-corrected chi connectivity index (χ0v) is 12.1. The topological polar surface area (TPSA) is 29.3 Å². The van der Waals surface area contributed by atoms with E-state index in [0.717, 1.165) is 17.8 Å². The molecule has 0 bridgehead atoms. The average molecular weight is 281 g/mol. The van der Waals surface area contributed by atoms with E-state index in [-0.39, 0.29) is 0 Å². The molecule has 2 nitrogen and oxygen atoms in total. The highest BCUT2D eigenvalue weighted by atomic mass is 35.5. The first-order valence-electron chi connectivity index (χ1n) is 5.89. The molecule has 0 aliphatic rings. The van der Waals surface area contributed by atoms with Crippen LogP contribution >= 0.6 is 22.9 Å². The minimum atomic E-state index is 0.353. The van der Waals surface area contributed by atoms with Gasteiger partial charge < -0.3 is 10.6 Å². The molecule has 0 radical (unpaired) electrons. The summed E-state index contributed by atoms with van der Waals surface area (Å²) in [6.07, 6.45) is 0.999. The molecule has 2 aromatic rings. The summed E-state index contributed by atoms with van der Waals surface area (Å²) in [5.74, 6) is 0. The molecule has 0 saturated carbocycles. The van der Waals surface area contributed by atoms with Gasteiger partial charge in [-0.3, -0.25) is 0 Å². The first kappa shape index (κ1) is 13.2. The lowest BCUT2D eigenvalue weighted by Gasteiger charge is -2.28. The number of anilines is 2. The quantitative estimate of drug-likeness (QED) is 0.856. The van der Waals surface area contributed by atoms with Crippen LogP contribution in [-0.4, -0.2) is 13.1 Å². The van der Waals surface area contributed by atoms with Crippen molar-refractivity contribution in [2.45, 2.75) is 19.4 Å². The second kappa shape index (κ2) is 5.63. The van der Waals surface area contributed by atoms with E-state index in [9.17, 15) is 0 Å². The molecule has 1 heterocycles. The Morgan fingerprint density at radius 1 is 1.33 bits per heavy atom. The number of hydrogen-bond acceptors (Lipinski definition) is 3. The van der Waals surface area contributed by atoms with Crippen LogP contribution < -0.4 is 10.6 Å². The third kappa shape index (κ3) is 2.79. The van der Waals surface area contributed by atoms with Gasteiger partial charge in [-0.25, -0.2) is 0 Å². The first-order valence-corrected chi connectivity index (χ1v) is 7.14. The van der Waals surface area contributed by atoms with Gasteiger partial charge in [-0.1, -0.05) is 23.7 Å². The van der Waals surface area contributed by atoms with Gasteiger partial charge in [0.25, 0.3) is 0 Å². The van der Waals surface area contributed by atoms with Crippen molar-refractivity contribution in [3.8, 4) is 0 Å². The number of rotatable bonds is 4. The summed E-state index contributed by atoms with van der Waals surface area (Å²) in [6.45, 7) is 2.18. The summed E-state index contributed by atoms with van der Waals surface area (Å²) in [5.41, 5.74) is 7.65. The van der Waals surface area contributed by atoms with Crippen LogP contribution in [-0.2, 0) is 6.42 Å². The molecule has 2 rings (SSSR count). The highest BCUT2D eigenvalue weighted by Crippen LogP contribution is 2.32. The monoisotopic (exact) mass is 280 g/mol. The molecule has 0 amide bonds. The second-order valence-electron chi connectivity index (χ2n) is 4.42. The fraction of sp³-hybridized carbons (Fsp3) is 0.286. The first-order chi connectivity index (χ1) is 8.59. The van der Waals surface area contributed by atoms with E-state index >= 15 is 0 Å². The summed E-state index contributed by atoms with van der Waals surface area (Å²) < 4.78 is 0. The fourth-order valence-corrected chi connectivity index (χ4v) is 3.12. The molecule has 4 heteroatoms. The lowest BCUT2D eigenvalue weighted by molar-refractivity contribution is 0.689. The Bertz CT molecular complexity index is 490. The zero-order chi connectivity index (χ0) is 13.1. The van der Waals surface area contributed by atoms with Crippen LogP contribution in [0.4, 0.5) is 11.4 Å². The summed E-state index contributed by atoms with van der Waals surface area (Å²) >= 11 is 8.01. The van der Waals surface area contributed by atoms with E-state index < -0.39 is 0 Å². The lowest BCUT2D eigenvalue weighted by Crippen LogP contribution is -2.31. The largest absolute Gasteiger partial charge is 0.397 e. The van der Waals surface area contributed by atoms with Crippen molar-refractivity contribution in [1.29, 1.82) is 0 Å². The minimum Gasteiger partial charge on any atom is -0.397 e. The highest BCUT2D eigenvalue weighted by molar-refractivity contribution is 7.09. The Kier molecular flexibility index (Phi) is 4.15. The van der Waals surface area contributed by atoms with Crippen LogP contribution in [0.2, 0.25) is 5.02 Å². The van der Waals surface area contributed by atoms with Crippen molar-refractivity contribution in [1.82, 2.24) is 0 Å². The number of thiophene rings is 1. The highest BCUT2D eigenvalue weighted by Gasteiger charge is 2.16. The van der Waals surface area contributed by atoms with E-state index in [1.165, 1.54) is 4.88 Å². The molecular weight excluding hydrogens is 264 g/mol. The van der Waals surface area contributed by atoms with Gasteiger partial charge in [0.1, 0.15) is 0 Å². The molecule has 96 valence electrons. The Balaban J connectivity index is 2.17. The smallest absolute Gasteiger partial charge is 0.0789 e. The summed E-state index contributed by atoms with van der Waals surface area (Å²) in [4.78, 5) is 3.53. The zero-order valence-electron chi connectivity index (χ0n) is 10.6. The lowest BCUT2D eigenvalue weighted by atomic mass is 10.1. The van der Waals surface area contributed by atoms with Gasteiger partial charge in [0, 0.05) is 24.4 Å². The predicted molar refractivity (Wildman–Crippen MR) is 81.8 cm³/mol. The number of para-hydroxylation sites is 1. The van der Waals surface area contributed by atoms with Crippen molar-refractivity contribution in [3.05, 3.63) is 45.6 Å². The van der Waals surface area contributed by atoms with Gasteiger partial charge in [-0.2, -0.15) is 0 Å². The molecule has 0 spiro atoms. The maximum absolute atomic E-state index is 6.23. The number of halogens is 1. The van der Waals surface area contributed by atoms with E-state index in [1.807, 2.05) is 25.2 Å². The van der Waals surface area contributed by atoms with E-state index in [2.05, 4.69) is 29.3 Å². The van der Waals surface area contributed by atoms with Crippen molar-refractivity contribution in [2.24, 2.45) is 0 Å². The molecule has 0 fully saturated rings. The summed E-state index contributed by atoms with van der Waals surface area (Å²) in [5, 5.41) is 2.81. The van der Waals surface area contributed by atoms with Crippen molar-refractivity contribution < 1.29 is 0 Å². The van der Waals surface area contributed by atoms with Crippen LogP contribution in [0.5, 0.6) is 0 Å². The Labute approximate surface area is 117 Å². The molecule has 2 N–H and O–H groups in total. The molecule has 18 heavy (non-hydrogen) atoms. The normalized spacial score (nSPS) is 12.4. The SMILES string of the molecule is CC(Cc1cccs1)N(C)c1c(N)cccc1Cl. The Morgan fingerprint density at radius 3 is 2.72 bits per heavy atom. The molecular formula is C14H17ClN2S. The molecule has 0 aliphatic heterocycles. The van der Waals surface area contributed by atoms with Crippen molar-refractivity contribution >= 4 is 34.3 Å². The van der Waals surface area contributed by atoms with Crippen molar-refractivity contribution in [2.75, 3.05) is 17.7 Å². The third-order valence-electron chi connectivity index (χ3n) is 3.11. The maximum atomic E-state index is 6.23. The number of benzene rings is 1. The molecule has 0 aliphatic carbocycles. The Morgan fingerprint density at radius 2 is 2.11 bits per heavy atom. The van der Waals surface area contributed by atoms with E-state index in [1.54, 1.807) is 11.3 Å². The van der Waals surface area contributed by atoms with E-state index in [0.29, 0.717) is 11.1 Å². The van der Waals surface area contributed by atoms with Crippen LogP contribution in [0.1, 0.15) is 11.8 Å². The second-order valence-corrected chi connectivity index (χ2v) is 5.86. The van der Waals surface area contributed by atoms with Crippen molar-refractivity contribution in [3.63, 3.8) is 0 Å². The predicted octanol–water partition coefficient (Wildman–Crippen LogP) is 4.05. The molecule has 1 aromatic heterocycles. The standard InChI is InChI=1S/C14H17ClN2S/c1-10(9-11-5-4-8-18-11)17(2)14-12(15)6-3-7-13(14)16/h3-8,10H,9,16H2,1-2H3. The van der Waals surface area contributed by atoms with Gasteiger partial charge in [-0.15, -0.1) is 11.3 Å². The number of nitrogens with zero attached hydrogens (tertiary/aromatic N) is 1. The van der Waals surface area contributed by atoms with Crippen LogP contribution in [0, 0.1) is 0 Å². The fourth-order valence-electron chi connectivity index (χ4n) is 1.98. The Hall–Kier alpha value is -1.19. The summed E-state index contributed by atoms with van der Waals surface area (Å²) in [6, 6.07) is 10.2. The summed E-state index contributed by atoms with van der Waals surface area (Å²) in [7, 11) is 2.04. The molecule has 1 atom stereocenters. The minimum absolute atomic E-state index is 0.353. The average Bonchev–Trinajstić information content (AvgIpc) is 2.81. The van der Waals surface area contributed by atoms with E-state index in [4.69, 9.17) is 17.3 Å². The van der Waals surface area contributed by atoms with Crippen LogP contribution in [0.25, 0.3) is 0 Å². The van der Waals surface area contributed by atoms with Gasteiger partial charge in [0.2, 0.25) is 0 Å². The van der Waals surface area contributed by atoms with Gasteiger partial charge in [0.15, 0.2) is 0 Å². The number of nitrogens with two attached hydrogens (primary N) is 1. The number of nitrogen functional groups attached to an aromatic ring is 1. The number of hydrogen-bond donors (Lipinski definition) is 1. The van der Waals surface area contributed by atoms with Crippen LogP contribution in [0.15, 0.2) is 35.7 Å². The maximum Gasteiger partial charge on any atom is 0.0789 e. The van der Waals surface area contributed by atoms with Crippen LogP contribution in [0.3, 0.4) is 0 Å². The van der Waals surface area contributed by atoms with Gasteiger partial charge in [0.05, 0.1) is 16.4 Å². The molecule has 1 aromatic carbocycles. The molecule has 1 unspecified atom stereocenters. The third-order valence-corrected chi connectivity index (χ3v) is 4.31. The molecule has 0 saturated heterocycles. The van der Waals surface area contributed by atoms with Gasteiger partial charge in [-0.05, 0) is 30.5 Å². The van der Waals surface area contributed by atoms with Gasteiger partial charge >= 0.3 is 0 Å². The number of likely N-dealkylation sites (N-methyl/N-ethyl adjacent to an activating group) is 1.